The van der Waals surface area contributed by atoms with Crippen LogP contribution in [0.2, 0.25) is 0 Å². The molecule has 0 aromatic carbocycles. The van der Waals surface area contributed by atoms with Gasteiger partial charge in [0, 0.05) is 19.3 Å². The Bertz CT molecular complexity index is 994. The first-order valence-electron chi connectivity index (χ1n) is 6.43. The van der Waals surface area contributed by atoms with Crippen LogP contribution in [0.4, 0.5) is 5.82 Å². The smallest absolute Gasteiger partial charge is 0.300 e. The molecule has 0 aliphatic heterocycles. The number of anilines is 1. The molecular weight excluding hydrogens is 388 g/mol. The second-order valence-corrected chi connectivity index (χ2v) is 7.27. The fraction of sp³-hybridized carbons (Fsp3) is 0.250. The highest BCUT2D eigenvalue weighted by molar-refractivity contribution is 9.10. The number of nitrogens with zero attached hydrogens (tertiary/aromatic N) is 5. The normalized spacial score (nSPS) is 11.8. The van der Waals surface area contributed by atoms with Crippen LogP contribution in [0.3, 0.4) is 0 Å². The van der Waals surface area contributed by atoms with Crippen molar-refractivity contribution in [1.82, 2.24) is 24.4 Å². The number of hydrogen-bond donors (Lipinski definition) is 1. The Hall–Kier alpha value is -2.14. The van der Waals surface area contributed by atoms with Gasteiger partial charge in [0.1, 0.15) is 0 Å². The van der Waals surface area contributed by atoms with E-state index in [-0.39, 0.29) is 11.0 Å². The molecule has 0 radical (unpaired) electrons. The number of fused-ring (bicyclic) bond motifs is 1. The SMILES string of the molecule is COc1cc(C)cc2nc(S(=O)(=O)Nc3nn(C)cc3Br)nn12. The van der Waals surface area contributed by atoms with Gasteiger partial charge < -0.3 is 4.74 Å². The van der Waals surface area contributed by atoms with Crippen molar-refractivity contribution < 1.29 is 13.2 Å². The molecule has 0 saturated carbocycles. The summed E-state index contributed by atoms with van der Waals surface area (Å²) >= 11 is 3.23. The molecule has 0 bridgehead atoms. The molecule has 3 aromatic heterocycles. The van der Waals surface area contributed by atoms with Crippen molar-refractivity contribution in [2.75, 3.05) is 11.8 Å². The number of methoxy groups -OCH3 is 1. The second-order valence-electron chi connectivity index (χ2n) is 4.84. The zero-order valence-corrected chi connectivity index (χ0v) is 14.9. The van der Waals surface area contributed by atoms with Gasteiger partial charge in [-0.25, -0.2) is 0 Å². The summed E-state index contributed by atoms with van der Waals surface area (Å²) in [5.74, 6) is 0.558. The summed E-state index contributed by atoms with van der Waals surface area (Å²) in [4.78, 5) is 4.06. The minimum atomic E-state index is -3.98. The van der Waals surface area contributed by atoms with Gasteiger partial charge in [0.05, 0.1) is 11.6 Å². The van der Waals surface area contributed by atoms with Gasteiger partial charge in [-0.3, -0.25) is 9.40 Å². The Morgan fingerprint density at radius 3 is 2.65 bits per heavy atom. The van der Waals surface area contributed by atoms with E-state index in [4.69, 9.17) is 4.74 Å². The van der Waals surface area contributed by atoms with Gasteiger partial charge in [-0.2, -0.15) is 23.0 Å². The van der Waals surface area contributed by atoms with Crippen LogP contribution in [-0.2, 0) is 17.1 Å². The van der Waals surface area contributed by atoms with Gasteiger partial charge in [-0.05, 0) is 34.5 Å². The zero-order chi connectivity index (χ0) is 16.8. The number of ether oxygens (including phenoxy) is 1. The van der Waals surface area contributed by atoms with Crippen LogP contribution < -0.4 is 9.46 Å². The molecule has 0 spiro atoms. The van der Waals surface area contributed by atoms with Crippen molar-refractivity contribution >= 4 is 37.4 Å². The lowest BCUT2D eigenvalue weighted by Gasteiger charge is -2.03. The summed E-state index contributed by atoms with van der Waals surface area (Å²) in [6, 6.07) is 3.45. The number of halogens is 1. The molecule has 3 rings (SSSR count). The molecule has 0 fully saturated rings. The van der Waals surface area contributed by atoms with E-state index in [0.29, 0.717) is 16.0 Å². The predicted octanol–water partition coefficient (Wildman–Crippen LogP) is 1.34. The van der Waals surface area contributed by atoms with Crippen LogP contribution in [0.15, 0.2) is 28.0 Å². The van der Waals surface area contributed by atoms with Gasteiger partial charge >= 0.3 is 10.0 Å². The Balaban J connectivity index is 2.06. The molecule has 0 saturated heterocycles. The third kappa shape index (κ3) is 2.88. The summed E-state index contributed by atoms with van der Waals surface area (Å²) in [5.41, 5.74) is 1.26. The fourth-order valence-electron chi connectivity index (χ4n) is 2.02. The van der Waals surface area contributed by atoms with Crippen molar-refractivity contribution in [3.05, 3.63) is 28.4 Å². The Kier molecular flexibility index (Phi) is 3.76. The summed E-state index contributed by atoms with van der Waals surface area (Å²) in [7, 11) is -0.817. The molecule has 3 heterocycles. The Morgan fingerprint density at radius 1 is 1.30 bits per heavy atom. The number of rotatable bonds is 4. The lowest BCUT2D eigenvalue weighted by Crippen LogP contribution is -2.15. The first kappa shape index (κ1) is 15.7. The van der Waals surface area contributed by atoms with Crippen molar-refractivity contribution in [3.8, 4) is 5.88 Å². The molecule has 23 heavy (non-hydrogen) atoms. The van der Waals surface area contributed by atoms with Crippen LogP contribution in [0.25, 0.3) is 5.65 Å². The van der Waals surface area contributed by atoms with Gasteiger partial charge in [0.15, 0.2) is 11.5 Å². The van der Waals surface area contributed by atoms with E-state index in [9.17, 15) is 8.42 Å². The van der Waals surface area contributed by atoms with Gasteiger partial charge in [0.2, 0.25) is 5.88 Å². The average Bonchev–Trinajstić information content (AvgIpc) is 3.01. The molecule has 0 aliphatic rings. The lowest BCUT2D eigenvalue weighted by molar-refractivity contribution is 0.384. The molecule has 122 valence electrons. The van der Waals surface area contributed by atoms with Crippen LogP contribution in [0.5, 0.6) is 5.88 Å². The molecule has 0 atom stereocenters. The van der Waals surface area contributed by atoms with Crippen molar-refractivity contribution in [3.63, 3.8) is 0 Å². The van der Waals surface area contributed by atoms with E-state index >= 15 is 0 Å². The van der Waals surface area contributed by atoms with Gasteiger partial charge in [-0.1, -0.05) is 0 Å². The van der Waals surface area contributed by atoms with Crippen LogP contribution in [-0.4, -0.2) is 39.9 Å². The van der Waals surface area contributed by atoms with E-state index in [1.165, 1.54) is 16.3 Å². The maximum atomic E-state index is 12.5. The number of aromatic nitrogens is 5. The van der Waals surface area contributed by atoms with E-state index in [0.717, 1.165) is 5.56 Å². The van der Waals surface area contributed by atoms with Crippen molar-refractivity contribution in [1.29, 1.82) is 0 Å². The third-order valence-corrected chi connectivity index (χ3v) is 4.69. The van der Waals surface area contributed by atoms with E-state index < -0.39 is 10.0 Å². The average molecular weight is 401 g/mol. The maximum Gasteiger partial charge on any atom is 0.300 e. The molecule has 1 N–H and O–H groups in total. The largest absolute Gasteiger partial charge is 0.481 e. The highest BCUT2D eigenvalue weighted by Gasteiger charge is 2.24. The molecule has 3 aromatic rings. The highest BCUT2D eigenvalue weighted by atomic mass is 79.9. The minimum Gasteiger partial charge on any atom is -0.481 e. The zero-order valence-electron chi connectivity index (χ0n) is 12.5. The minimum absolute atomic E-state index is 0.162. The first-order chi connectivity index (χ1) is 10.8. The number of nitrogens with one attached hydrogen (secondary N) is 1. The molecule has 0 aliphatic carbocycles. The monoisotopic (exact) mass is 400 g/mol. The van der Waals surface area contributed by atoms with Crippen LogP contribution in [0, 0.1) is 6.92 Å². The van der Waals surface area contributed by atoms with Crippen LogP contribution in [0.1, 0.15) is 5.56 Å². The first-order valence-corrected chi connectivity index (χ1v) is 8.71. The third-order valence-electron chi connectivity index (χ3n) is 2.99. The lowest BCUT2D eigenvalue weighted by atomic mass is 10.3. The summed E-state index contributed by atoms with van der Waals surface area (Å²) in [5, 5.41) is 7.66. The predicted molar refractivity (Wildman–Crippen MR) is 86.0 cm³/mol. The number of pyridine rings is 1. The molecule has 11 heteroatoms. The second kappa shape index (κ2) is 5.49. The summed E-state index contributed by atoms with van der Waals surface area (Å²) < 4.78 is 35.8. The summed E-state index contributed by atoms with van der Waals surface area (Å²) in [6.45, 7) is 1.86. The van der Waals surface area contributed by atoms with E-state index in [1.807, 2.05) is 6.92 Å². The van der Waals surface area contributed by atoms with E-state index in [2.05, 4.69) is 35.8 Å². The fourth-order valence-corrected chi connectivity index (χ4v) is 3.53. The molecule has 0 unspecified atom stereocenters. The van der Waals surface area contributed by atoms with Gasteiger partial charge in [-0.15, -0.1) is 5.10 Å². The maximum absolute atomic E-state index is 12.5. The van der Waals surface area contributed by atoms with E-state index in [1.54, 1.807) is 25.4 Å². The standard InChI is InChI=1S/C12H13BrN6O3S/c1-7-4-9-14-12(16-19(9)10(5-7)22-3)23(20,21)17-11-8(13)6-18(2)15-11/h4-6H,1-3H3,(H,15,17). The molecule has 0 amide bonds. The molecular formula is C12H13BrN6O3S. The van der Waals surface area contributed by atoms with Crippen molar-refractivity contribution in [2.45, 2.75) is 12.1 Å². The van der Waals surface area contributed by atoms with Crippen molar-refractivity contribution in [2.24, 2.45) is 7.05 Å². The molecule has 9 nitrogen and oxygen atoms in total. The number of aryl methyl sites for hydroxylation is 2. The van der Waals surface area contributed by atoms with Gasteiger partial charge in [0.25, 0.3) is 5.16 Å². The quantitative estimate of drug-likeness (QED) is 0.708. The number of hydrogen-bond acceptors (Lipinski definition) is 6. The number of sulfonamides is 1. The Labute approximate surface area is 140 Å². The van der Waals surface area contributed by atoms with Crippen LogP contribution >= 0.6 is 15.9 Å². The highest BCUT2D eigenvalue weighted by Crippen LogP contribution is 2.23. The topological polar surface area (TPSA) is 103 Å². The Morgan fingerprint density at radius 2 is 2.04 bits per heavy atom. The summed E-state index contributed by atoms with van der Waals surface area (Å²) in [6.07, 6.45) is 1.63.